The average Bonchev–Trinajstić information content (AvgIpc) is 2.86. The highest BCUT2D eigenvalue weighted by Gasteiger charge is 2.42. The fraction of sp³-hybridized carbons (Fsp3) is 0.267. The Bertz CT molecular complexity index is 813. The number of hydrogen-bond acceptors (Lipinski definition) is 4. The monoisotopic (exact) mass is 341 g/mol. The van der Waals surface area contributed by atoms with Crippen molar-refractivity contribution in [2.24, 2.45) is 0 Å². The van der Waals surface area contributed by atoms with Crippen LogP contribution in [-0.2, 0) is 0 Å². The van der Waals surface area contributed by atoms with Crippen LogP contribution in [0.5, 0.6) is 0 Å². The van der Waals surface area contributed by atoms with Gasteiger partial charge in [0, 0.05) is 24.6 Å². The largest absolute Gasteiger partial charge is 0.345 e. The molecule has 0 saturated carbocycles. The first-order valence-electron chi connectivity index (χ1n) is 7.01. The lowest BCUT2D eigenvalue weighted by atomic mass is 10.0. The first-order valence-corrected chi connectivity index (χ1v) is 7.01. The smallest absolute Gasteiger partial charge is 0.319 e. The zero-order valence-electron chi connectivity index (χ0n) is 12.2. The molecule has 0 amide bonds. The highest BCUT2D eigenvalue weighted by Crippen LogP contribution is 2.41. The third kappa shape index (κ3) is 2.89. The quantitative estimate of drug-likeness (QED) is 0.369. The standard InChI is InChI=1S/C15H11F4N3O2/c16-11-4-2-1-3-9(11)10-7-12(17)20-14(13(10)22(23)24)21-6-5-15(18,19)8-21/h1-4,7H,5-6,8H2. The van der Waals surface area contributed by atoms with Gasteiger partial charge in [-0.2, -0.15) is 9.37 Å². The van der Waals surface area contributed by atoms with E-state index in [1.807, 2.05) is 0 Å². The molecule has 0 aliphatic carbocycles. The molecule has 24 heavy (non-hydrogen) atoms. The average molecular weight is 341 g/mol. The Kier molecular flexibility index (Phi) is 3.86. The lowest BCUT2D eigenvalue weighted by Crippen LogP contribution is -2.26. The van der Waals surface area contributed by atoms with E-state index in [9.17, 15) is 27.7 Å². The molecule has 0 N–H and O–H groups in total. The van der Waals surface area contributed by atoms with E-state index in [2.05, 4.69) is 4.98 Å². The molecule has 1 aromatic carbocycles. The topological polar surface area (TPSA) is 59.3 Å². The van der Waals surface area contributed by atoms with E-state index in [-0.39, 0.29) is 17.7 Å². The van der Waals surface area contributed by atoms with Crippen LogP contribution < -0.4 is 4.90 Å². The Morgan fingerprint density at radius 3 is 2.50 bits per heavy atom. The molecule has 1 aromatic heterocycles. The Labute approximate surface area is 133 Å². The van der Waals surface area contributed by atoms with Crippen LogP contribution in [0.4, 0.5) is 29.1 Å². The van der Waals surface area contributed by atoms with Crippen molar-refractivity contribution in [2.45, 2.75) is 12.3 Å². The minimum atomic E-state index is -3.04. The number of halogens is 4. The van der Waals surface area contributed by atoms with Gasteiger partial charge in [-0.3, -0.25) is 10.1 Å². The Hall–Kier alpha value is -2.71. The molecule has 1 aliphatic rings. The van der Waals surface area contributed by atoms with Gasteiger partial charge >= 0.3 is 5.69 Å². The number of benzene rings is 1. The molecule has 2 aromatic rings. The molecule has 1 fully saturated rings. The van der Waals surface area contributed by atoms with Gasteiger partial charge in [-0.1, -0.05) is 18.2 Å². The predicted molar refractivity (Wildman–Crippen MR) is 78.0 cm³/mol. The van der Waals surface area contributed by atoms with Gasteiger partial charge in [0.15, 0.2) is 0 Å². The molecule has 2 heterocycles. The number of aromatic nitrogens is 1. The fourth-order valence-electron chi connectivity index (χ4n) is 2.70. The van der Waals surface area contributed by atoms with E-state index in [1.54, 1.807) is 0 Å². The number of anilines is 1. The van der Waals surface area contributed by atoms with Crippen LogP contribution in [0.2, 0.25) is 0 Å². The Balaban J connectivity index is 2.21. The first-order chi connectivity index (χ1) is 11.3. The van der Waals surface area contributed by atoms with Crippen LogP contribution in [0.1, 0.15) is 6.42 Å². The Morgan fingerprint density at radius 2 is 1.92 bits per heavy atom. The number of pyridine rings is 1. The number of alkyl halides is 2. The second-order valence-electron chi connectivity index (χ2n) is 5.43. The predicted octanol–water partition coefficient (Wildman–Crippen LogP) is 3.78. The molecule has 1 saturated heterocycles. The van der Waals surface area contributed by atoms with Gasteiger partial charge < -0.3 is 4.90 Å². The molecule has 1 aliphatic heterocycles. The summed E-state index contributed by atoms with van der Waals surface area (Å²) in [6.07, 6.45) is -0.516. The maximum atomic E-state index is 14.0. The van der Waals surface area contributed by atoms with E-state index in [4.69, 9.17) is 0 Å². The van der Waals surface area contributed by atoms with Gasteiger partial charge in [-0.25, -0.2) is 13.2 Å². The van der Waals surface area contributed by atoms with Crippen LogP contribution >= 0.6 is 0 Å². The minimum absolute atomic E-state index is 0.197. The van der Waals surface area contributed by atoms with Crippen molar-refractivity contribution >= 4 is 11.5 Å². The molecule has 0 atom stereocenters. The number of nitro groups is 1. The molecule has 3 rings (SSSR count). The molecular formula is C15H11F4N3O2. The number of rotatable bonds is 3. The molecule has 0 radical (unpaired) electrons. The van der Waals surface area contributed by atoms with Gasteiger partial charge in [-0.05, 0) is 6.07 Å². The van der Waals surface area contributed by atoms with Crippen molar-refractivity contribution in [1.29, 1.82) is 0 Å². The number of hydrogen-bond donors (Lipinski definition) is 0. The highest BCUT2D eigenvalue weighted by atomic mass is 19.3. The fourth-order valence-corrected chi connectivity index (χ4v) is 2.70. The SMILES string of the molecule is O=[N+]([O-])c1c(-c2ccccc2F)cc(F)nc1N1CCC(F)(F)C1. The summed E-state index contributed by atoms with van der Waals surface area (Å²) in [6, 6.07) is 5.86. The zero-order chi connectivity index (χ0) is 17.5. The van der Waals surface area contributed by atoms with E-state index < -0.39 is 47.1 Å². The normalized spacial score (nSPS) is 16.4. The van der Waals surface area contributed by atoms with Crippen molar-refractivity contribution in [1.82, 2.24) is 4.98 Å². The third-order valence-electron chi connectivity index (χ3n) is 3.76. The van der Waals surface area contributed by atoms with Gasteiger partial charge in [0.2, 0.25) is 11.8 Å². The first kappa shape index (κ1) is 16.2. The van der Waals surface area contributed by atoms with Crippen molar-refractivity contribution in [3.8, 4) is 11.1 Å². The molecular weight excluding hydrogens is 330 g/mol. The summed E-state index contributed by atoms with van der Waals surface area (Å²) >= 11 is 0. The molecule has 126 valence electrons. The van der Waals surface area contributed by atoms with Crippen LogP contribution in [0, 0.1) is 21.9 Å². The van der Waals surface area contributed by atoms with Crippen LogP contribution in [0.15, 0.2) is 30.3 Å². The van der Waals surface area contributed by atoms with Crippen LogP contribution in [0.25, 0.3) is 11.1 Å². The van der Waals surface area contributed by atoms with Crippen LogP contribution in [0.3, 0.4) is 0 Å². The molecule has 0 bridgehead atoms. The zero-order valence-corrected chi connectivity index (χ0v) is 12.2. The molecule has 0 unspecified atom stereocenters. The molecule has 5 nitrogen and oxygen atoms in total. The second kappa shape index (κ2) is 5.73. The van der Waals surface area contributed by atoms with Crippen molar-refractivity contribution < 1.29 is 22.5 Å². The van der Waals surface area contributed by atoms with Crippen molar-refractivity contribution in [3.63, 3.8) is 0 Å². The molecule has 9 heteroatoms. The summed E-state index contributed by atoms with van der Waals surface area (Å²) in [5.74, 6) is -5.46. The van der Waals surface area contributed by atoms with E-state index in [0.29, 0.717) is 0 Å². The maximum Gasteiger partial charge on any atom is 0.319 e. The van der Waals surface area contributed by atoms with Crippen LogP contribution in [-0.4, -0.2) is 28.9 Å². The molecule has 0 spiro atoms. The summed E-state index contributed by atoms with van der Waals surface area (Å²) in [4.78, 5) is 15.0. The summed E-state index contributed by atoms with van der Waals surface area (Å²) in [7, 11) is 0. The lowest BCUT2D eigenvalue weighted by molar-refractivity contribution is -0.383. The summed E-state index contributed by atoms with van der Waals surface area (Å²) < 4.78 is 54.7. The van der Waals surface area contributed by atoms with Crippen molar-refractivity contribution in [3.05, 3.63) is 52.2 Å². The van der Waals surface area contributed by atoms with E-state index in [1.165, 1.54) is 18.2 Å². The second-order valence-corrected chi connectivity index (χ2v) is 5.43. The van der Waals surface area contributed by atoms with Gasteiger partial charge in [-0.15, -0.1) is 0 Å². The third-order valence-corrected chi connectivity index (χ3v) is 3.76. The highest BCUT2D eigenvalue weighted by molar-refractivity contribution is 5.81. The van der Waals surface area contributed by atoms with Gasteiger partial charge in [0.05, 0.1) is 17.0 Å². The number of nitrogens with zero attached hydrogens (tertiary/aromatic N) is 3. The summed E-state index contributed by atoms with van der Waals surface area (Å²) in [6.45, 7) is -1.01. The van der Waals surface area contributed by atoms with Gasteiger partial charge in [0.25, 0.3) is 5.92 Å². The van der Waals surface area contributed by atoms with E-state index in [0.717, 1.165) is 17.0 Å². The summed E-state index contributed by atoms with van der Waals surface area (Å²) in [5.41, 5.74) is -1.23. The van der Waals surface area contributed by atoms with Crippen molar-refractivity contribution in [2.75, 3.05) is 18.0 Å². The lowest BCUT2D eigenvalue weighted by Gasteiger charge is -2.18. The summed E-state index contributed by atoms with van der Waals surface area (Å²) in [5, 5.41) is 11.5. The minimum Gasteiger partial charge on any atom is -0.345 e. The Morgan fingerprint density at radius 1 is 1.21 bits per heavy atom. The van der Waals surface area contributed by atoms with E-state index >= 15 is 0 Å². The maximum absolute atomic E-state index is 14.0. The van der Waals surface area contributed by atoms with Gasteiger partial charge in [0.1, 0.15) is 5.82 Å².